The summed E-state index contributed by atoms with van der Waals surface area (Å²) in [6, 6.07) is 6.27. The minimum absolute atomic E-state index is 0.00739. The second kappa shape index (κ2) is 22.4. The number of amides is 1. The number of ether oxygens (including phenoxy) is 1. The molecule has 0 aliphatic heterocycles. The van der Waals surface area contributed by atoms with Crippen LogP contribution in [0.1, 0.15) is 108 Å². The van der Waals surface area contributed by atoms with Crippen LogP contribution in [0.25, 0.3) is 0 Å². The number of carbonyl (C=O) groups is 2. The highest BCUT2D eigenvalue weighted by Gasteiger charge is 2.34. The zero-order valence-electron chi connectivity index (χ0n) is 24.5. The molecular formula is C33H51NO4S. The van der Waals surface area contributed by atoms with Crippen molar-refractivity contribution in [1.82, 2.24) is 5.32 Å². The van der Waals surface area contributed by atoms with Crippen LogP contribution in [0, 0.1) is 0 Å². The van der Waals surface area contributed by atoms with Crippen LogP contribution in [-0.2, 0) is 9.53 Å². The van der Waals surface area contributed by atoms with E-state index in [9.17, 15) is 14.7 Å². The van der Waals surface area contributed by atoms with Gasteiger partial charge < -0.3 is 15.2 Å². The molecular weight excluding hydrogens is 506 g/mol. The normalized spacial score (nSPS) is 12.1. The first-order valence-electron chi connectivity index (χ1n) is 14.8. The molecule has 5 nitrogen and oxygen atoms in total. The van der Waals surface area contributed by atoms with Crippen LogP contribution in [0.5, 0.6) is 5.75 Å². The number of allylic oxidation sites excluding steroid dienone is 6. The molecule has 0 radical (unpaired) electrons. The first-order chi connectivity index (χ1) is 19.0. The Labute approximate surface area is 241 Å². The molecule has 0 aliphatic carbocycles. The summed E-state index contributed by atoms with van der Waals surface area (Å²) in [7, 11) is 0. The van der Waals surface area contributed by atoms with Gasteiger partial charge in [-0.15, -0.1) is 11.8 Å². The molecule has 0 aliphatic rings. The van der Waals surface area contributed by atoms with E-state index in [2.05, 4.69) is 62.5 Å². The number of thioether (sulfide) groups is 1. The maximum Gasteiger partial charge on any atom is 0.341 e. The molecule has 0 aromatic heterocycles. The number of unbranched alkanes of at least 4 members (excludes halogenated alkanes) is 6. The standard InChI is InChI=1S/C33H51NO4S/c1-4-7-8-9-10-11-12-13-14-15-16-17-18-19-20-23-28-39-33(5-2,6-3)32(37)34-26-27-38-31(36)29-24-21-22-25-30(29)35/h7-8,10-11,13-14,21-22,24-25,35H,4-6,9,12,15-20,23,26-28H2,1-3H3,(H,34,37)/b8-7-,11-10-,14-13-. The first kappa shape index (κ1) is 34.6. The van der Waals surface area contributed by atoms with E-state index in [0.29, 0.717) is 0 Å². The molecule has 0 unspecified atom stereocenters. The Balaban J connectivity index is 2.15. The molecule has 1 amide bonds. The maximum absolute atomic E-state index is 13.0. The van der Waals surface area contributed by atoms with Crippen LogP contribution in [0.2, 0.25) is 0 Å². The largest absolute Gasteiger partial charge is 0.507 e. The van der Waals surface area contributed by atoms with Gasteiger partial charge in [-0.1, -0.05) is 95.0 Å². The summed E-state index contributed by atoms with van der Waals surface area (Å²) in [6.07, 6.45) is 26.7. The molecule has 0 bridgehead atoms. The zero-order valence-corrected chi connectivity index (χ0v) is 25.3. The van der Waals surface area contributed by atoms with E-state index in [1.54, 1.807) is 23.9 Å². The van der Waals surface area contributed by atoms with Gasteiger partial charge in [-0.25, -0.2) is 4.79 Å². The van der Waals surface area contributed by atoms with Crippen molar-refractivity contribution in [2.24, 2.45) is 0 Å². The van der Waals surface area contributed by atoms with Crippen molar-refractivity contribution in [3.63, 3.8) is 0 Å². The minimum Gasteiger partial charge on any atom is -0.507 e. The van der Waals surface area contributed by atoms with Crippen LogP contribution in [0.15, 0.2) is 60.7 Å². The number of phenolic OH excluding ortho intramolecular Hbond substituents is 1. The minimum atomic E-state index is -0.593. The Kier molecular flexibility index (Phi) is 19.8. The Bertz CT molecular complexity index is 889. The number of hydrogen-bond donors (Lipinski definition) is 2. The fraction of sp³-hybridized carbons (Fsp3) is 0.576. The van der Waals surface area contributed by atoms with E-state index < -0.39 is 10.7 Å². The number of carbonyl (C=O) groups excluding carboxylic acids is 2. The smallest absolute Gasteiger partial charge is 0.341 e. The first-order valence-corrected chi connectivity index (χ1v) is 15.8. The predicted molar refractivity (Wildman–Crippen MR) is 166 cm³/mol. The lowest BCUT2D eigenvalue weighted by Crippen LogP contribution is -2.45. The second-order valence-electron chi connectivity index (χ2n) is 9.66. The van der Waals surface area contributed by atoms with Gasteiger partial charge in [0.15, 0.2) is 0 Å². The lowest BCUT2D eigenvalue weighted by molar-refractivity contribution is -0.123. The number of benzene rings is 1. The number of aromatic hydroxyl groups is 1. The topological polar surface area (TPSA) is 75.6 Å². The predicted octanol–water partition coefficient (Wildman–Crippen LogP) is 8.55. The molecule has 1 aromatic carbocycles. The molecule has 0 saturated carbocycles. The fourth-order valence-electron chi connectivity index (χ4n) is 4.20. The highest BCUT2D eigenvalue weighted by molar-refractivity contribution is 8.01. The summed E-state index contributed by atoms with van der Waals surface area (Å²) in [5.41, 5.74) is 0.127. The summed E-state index contributed by atoms with van der Waals surface area (Å²) >= 11 is 1.76. The van der Waals surface area contributed by atoms with Crippen LogP contribution >= 0.6 is 11.8 Å². The van der Waals surface area contributed by atoms with Gasteiger partial charge in [0.25, 0.3) is 0 Å². The van der Waals surface area contributed by atoms with Gasteiger partial charge in [0.1, 0.15) is 17.9 Å². The monoisotopic (exact) mass is 557 g/mol. The van der Waals surface area contributed by atoms with E-state index in [-0.39, 0.29) is 30.4 Å². The second-order valence-corrected chi connectivity index (χ2v) is 11.1. The van der Waals surface area contributed by atoms with Crippen molar-refractivity contribution in [3.8, 4) is 5.75 Å². The zero-order chi connectivity index (χ0) is 28.6. The summed E-state index contributed by atoms with van der Waals surface area (Å²) in [5, 5.41) is 12.7. The van der Waals surface area contributed by atoms with Crippen LogP contribution < -0.4 is 5.32 Å². The quantitative estimate of drug-likeness (QED) is 0.0848. The van der Waals surface area contributed by atoms with Gasteiger partial charge in [0.05, 0.1) is 11.3 Å². The molecule has 0 saturated heterocycles. The summed E-state index contributed by atoms with van der Waals surface area (Å²) < 4.78 is 4.76. The van der Waals surface area contributed by atoms with Crippen LogP contribution in [0.3, 0.4) is 0 Å². The third-order valence-electron chi connectivity index (χ3n) is 6.72. The number of hydrogen-bond acceptors (Lipinski definition) is 5. The maximum atomic E-state index is 13.0. The Morgan fingerprint density at radius 1 is 0.872 bits per heavy atom. The summed E-state index contributed by atoms with van der Waals surface area (Å²) in [4.78, 5) is 25.1. The average molecular weight is 558 g/mol. The summed E-state index contributed by atoms with van der Waals surface area (Å²) in [6.45, 7) is 6.59. The van der Waals surface area contributed by atoms with Crippen molar-refractivity contribution in [2.45, 2.75) is 103 Å². The van der Waals surface area contributed by atoms with Crippen molar-refractivity contribution >= 4 is 23.6 Å². The van der Waals surface area contributed by atoms with Crippen molar-refractivity contribution in [3.05, 3.63) is 66.3 Å². The van der Waals surface area contributed by atoms with Crippen LogP contribution in [-0.4, -0.2) is 40.6 Å². The highest BCUT2D eigenvalue weighted by Crippen LogP contribution is 2.34. The number of para-hydroxylation sites is 1. The molecule has 1 rings (SSSR count). The number of rotatable bonds is 22. The van der Waals surface area contributed by atoms with Crippen molar-refractivity contribution < 1.29 is 19.4 Å². The molecule has 6 heteroatoms. The van der Waals surface area contributed by atoms with E-state index in [1.807, 2.05) is 0 Å². The van der Waals surface area contributed by atoms with Gasteiger partial charge in [0, 0.05) is 0 Å². The van der Waals surface area contributed by atoms with Gasteiger partial charge in [-0.2, -0.15) is 0 Å². The lowest BCUT2D eigenvalue weighted by Gasteiger charge is -2.29. The number of nitrogens with one attached hydrogen (secondary N) is 1. The fourth-order valence-corrected chi connectivity index (χ4v) is 5.55. The molecule has 218 valence electrons. The molecule has 0 spiro atoms. The van der Waals surface area contributed by atoms with E-state index in [4.69, 9.17) is 4.74 Å². The molecule has 0 atom stereocenters. The third-order valence-corrected chi connectivity index (χ3v) is 8.53. The molecule has 39 heavy (non-hydrogen) atoms. The van der Waals surface area contributed by atoms with E-state index >= 15 is 0 Å². The van der Waals surface area contributed by atoms with Crippen LogP contribution in [0.4, 0.5) is 0 Å². The lowest BCUT2D eigenvalue weighted by atomic mass is 10.0. The molecule has 0 heterocycles. The van der Waals surface area contributed by atoms with Crippen molar-refractivity contribution in [1.29, 1.82) is 0 Å². The van der Waals surface area contributed by atoms with Gasteiger partial charge in [-0.05, 0) is 69.3 Å². The molecule has 1 aromatic rings. The van der Waals surface area contributed by atoms with E-state index in [0.717, 1.165) is 50.7 Å². The number of esters is 1. The third kappa shape index (κ3) is 15.0. The SMILES string of the molecule is CC/C=C\C/C=C\C/C=C\CCCCCCCCSC(CC)(CC)C(=O)NCCOC(=O)c1ccccc1O. The summed E-state index contributed by atoms with van der Waals surface area (Å²) in [5.74, 6) is 0.278. The average Bonchev–Trinajstić information content (AvgIpc) is 2.95. The van der Waals surface area contributed by atoms with Crippen molar-refractivity contribution in [2.75, 3.05) is 18.9 Å². The Morgan fingerprint density at radius 3 is 2.15 bits per heavy atom. The molecule has 2 N–H and O–H groups in total. The Morgan fingerprint density at radius 2 is 1.49 bits per heavy atom. The molecule has 0 fully saturated rings. The van der Waals surface area contributed by atoms with E-state index in [1.165, 1.54) is 44.2 Å². The van der Waals surface area contributed by atoms with Gasteiger partial charge in [-0.3, -0.25) is 4.79 Å². The van der Waals surface area contributed by atoms with Gasteiger partial charge >= 0.3 is 5.97 Å². The van der Waals surface area contributed by atoms with Gasteiger partial charge in [0.2, 0.25) is 5.91 Å². The Hall–Kier alpha value is -2.47. The number of phenols is 1. The highest BCUT2D eigenvalue weighted by atomic mass is 32.2.